The molecule has 0 aliphatic carbocycles. The predicted molar refractivity (Wildman–Crippen MR) is 90.0 cm³/mol. The van der Waals surface area contributed by atoms with Crippen LogP contribution in [0.3, 0.4) is 0 Å². The number of hydrogen-bond donors (Lipinski definition) is 2. The van der Waals surface area contributed by atoms with E-state index in [2.05, 4.69) is 20.8 Å². The third kappa shape index (κ3) is 5.20. The molecule has 2 N–H and O–H groups in total. The summed E-state index contributed by atoms with van der Waals surface area (Å²) < 4.78 is 0. The monoisotopic (exact) mass is 341 g/mol. The lowest BCUT2D eigenvalue weighted by Crippen LogP contribution is -2.35. The lowest BCUT2D eigenvalue weighted by atomic mass is 10.1. The van der Waals surface area contributed by atoms with Crippen molar-refractivity contribution in [1.29, 1.82) is 0 Å². The maximum absolute atomic E-state index is 11.8. The lowest BCUT2D eigenvalue weighted by Gasteiger charge is -2.05. The van der Waals surface area contributed by atoms with E-state index < -0.39 is 16.7 Å². The van der Waals surface area contributed by atoms with E-state index in [0.717, 1.165) is 0 Å². The maximum Gasteiger partial charge on any atom is 0.270 e. The Bertz CT molecular complexity index is 820. The van der Waals surface area contributed by atoms with Gasteiger partial charge in [-0.2, -0.15) is 5.10 Å². The molecule has 0 aliphatic heterocycles. The molecule has 2 rings (SSSR count). The van der Waals surface area contributed by atoms with Gasteiger partial charge in [-0.3, -0.25) is 24.7 Å². The van der Waals surface area contributed by atoms with E-state index in [-0.39, 0.29) is 17.9 Å². The Labute approximate surface area is 142 Å². The van der Waals surface area contributed by atoms with Gasteiger partial charge in [-0.1, -0.05) is 18.2 Å². The minimum atomic E-state index is -0.533. The van der Waals surface area contributed by atoms with E-state index in [1.165, 1.54) is 30.5 Å². The Balaban J connectivity index is 1.90. The number of nitro benzene ring substituents is 1. The average molecular weight is 341 g/mol. The number of hydrazone groups is 1. The molecule has 0 unspecified atom stereocenters. The van der Waals surface area contributed by atoms with Gasteiger partial charge in [0.05, 0.1) is 17.2 Å². The fraction of sp³-hybridized carbons (Fsp3) is 0.125. The van der Waals surface area contributed by atoms with Crippen LogP contribution in [0.25, 0.3) is 0 Å². The van der Waals surface area contributed by atoms with Crippen LogP contribution >= 0.6 is 0 Å². The number of non-ortho nitro benzene ring substituents is 1. The summed E-state index contributed by atoms with van der Waals surface area (Å²) in [6.07, 6.45) is 1.47. The van der Waals surface area contributed by atoms with Crippen LogP contribution in [0.15, 0.2) is 53.8 Å². The van der Waals surface area contributed by atoms with E-state index in [1.54, 1.807) is 25.1 Å². The highest BCUT2D eigenvalue weighted by Gasteiger charge is 2.09. The molecule has 1 aromatic heterocycles. The first-order chi connectivity index (χ1) is 12.0. The van der Waals surface area contributed by atoms with Crippen LogP contribution in [-0.2, 0) is 4.79 Å². The number of hydrogen-bond acceptors (Lipinski definition) is 6. The van der Waals surface area contributed by atoms with Gasteiger partial charge in [0.2, 0.25) is 0 Å². The molecule has 0 bridgehead atoms. The minimum absolute atomic E-state index is 0.0685. The molecule has 0 spiro atoms. The molecule has 25 heavy (non-hydrogen) atoms. The Morgan fingerprint density at radius 1 is 1.24 bits per heavy atom. The summed E-state index contributed by atoms with van der Waals surface area (Å²) in [7, 11) is 0. The number of nitrogens with zero attached hydrogens (tertiary/aromatic N) is 3. The Hall–Kier alpha value is -3.62. The van der Waals surface area contributed by atoms with Crippen molar-refractivity contribution in [3.8, 4) is 0 Å². The zero-order chi connectivity index (χ0) is 18.2. The van der Waals surface area contributed by atoms with Crippen molar-refractivity contribution in [2.24, 2.45) is 5.10 Å². The van der Waals surface area contributed by atoms with E-state index >= 15 is 0 Å². The number of nitro groups is 1. The minimum Gasteiger partial charge on any atom is -0.342 e. The fourth-order valence-electron chi connectivity index (χ4n) is 1.84. The summed E-state index contributed by atoms with van der Waals surface area (Å²) in [5, 5.41) is 17.0. The summed E-state index contributed by atoms with van der Waals surface area (Å²) in [6, 6.07) is 10.8. The van der Waals surface area contributed by atoms with Crippen LogP contribution in [0.1, 0.15) is 23.0 Å². The van der Waals surface area contributed by atoms with Crippen LogP contribution in [0, 0.1) is 10.1 Å². The lowest BCUT2D eigenvalue weighted by molar-refractivity contribution is -0.384. The SMILES string of the molecule is C/C(=N/NC(=O)CNC(=O)c1ccccn1)c1cccc([N+](=O)[O-])c1. The molecule has 0 aliphatic rings. The molecule has 9 heteroatoms. The van der Waals surface area contributed by atoms with Crippen molar-refractivity contribution < 1.29 is 14.5 Å². The van der Waals surface area contributed by atoms with E-state index in [1.807, 2.05) is 0 Å². The predicted octanol–water partition coefficient (Wildman–Crippen LogP) is 1.26. The number of pyridine rings is 1. The molecule has 0 atom stereocenters. The van der Waals surface area contributed by atoms with E-state index in [4.69, 9.17) is 0 Å². The van der Waals surface area contributed by atoms with Gasteiger partial charge in [-0.25, -0.2) is 5.43 Å². The van der Waals surface area contributed by atoms with Gasteiger partial charge in [0.15, 0.2) is 0 Å². The van der Waals surface area contributed by atoms with Crippen molar-refractivity contribution >= 4 is 23.2 Å². The first-order valence-electron chi connectivity index (χ1n) is 7.24. The smallest absolute Gasteiger partial charge is 0.270 e. The highest BCUT2D eigenvalue weighted by Crippen LogP contribution is 2.13. The van der Waals surface area contributed by atoms with E-state index in [9.17, 15) is 19.7 Å². The Morgan fingerprint density at radius 3 is 2.72 bits per heavy atom. The standard InChI is InChI=1S/C16H15N5O4/c1-11(12-5-4-6-13(9-12)21(24)25)19-20-15(22)10-18-16(23)14-7-2-3-8-17-14/h2-9H,10H2,1H3,(H,18,23)(H,20,22)/b19-11-. The summed E-state index contributed by atoms with van der Waals surface area (Å²) in [4.78, 5) is 37.6. The topological polar surface area (TPSA) is 127 Å². The zero-order valence-electron chi connectivity index (χ0n) is 13.3. The average Bonchev–Trinajstić information content (AvgIpc) is 2.64. The summed E-state index contributed by atoms with van der Waals surface area (Å²) in [5.41, 5.74) is 3.32. The van der Waals surface area contributed by atoms with Crippen LogP contribution < -0.4 is 10.7 Å². The quantitative estimate of drug-likeness (QED) is 0.464. The Kier molecular flexibility index (Phi) is 5.88. The van der Waals surface area contributed by atoms with Gasteiger partial charge >= 0.3 is 0 Å². The van der Waals surface area contributed by atoms with E-state index in [0.29, 0.717) is 11.3 Å². The van der Waals surface area contributed by atoms with Gasteiger partial charge in [0.25, 0.3) is 17.5 Å². The van der Waals surface area contributed by atoms with Gasteiger partial charge in [-0.15, -0.1) is 0 Å². The number of aromatic nitrogens is 1. The van der Waals surface area contributed by atoms with Crippen molar-refractivity contribution in [1.82, 2.24) is 15.7 Å². The second-order valence-corrected chi connectivity index (χ2v) is 4.94. The normalized spacial score (nSPS) is 10.8. The molecule has 0 saturated heterocycles. The first-order valence-corrected chi connectivity index (χ1v) is 7.24. The molecule has 2 amide bonds. The molecule has 128 valence electrons. The number of carbonyl (C=O) groups excluding carboxylic acids is 2. The largest absolute Gasteiger partial charge is 0.342 e. The highest BCUT2D eigenvalue weighted by molar-refractivity contribution is 6.00. The summed E-state index contributed by atoms with van der Waals surface area (Å²) >= 11 is 0. The maximum atomic E-state index is 11.8. The number of benzene rings is 1. The molecule has 0 radical (unpaired) electrons. The number of carbonyl (C=O) groups is 2. The van der Waals surface area contributed by atoms with Crippen LogP contribution in [0.5, 0.6) is 0 Å². The third-order valence-corrected chi connectivity index (χ3v) is 3.13. The number of rotatable bonds is 6. The third-order valence-electron chi connectivity index (χ3n) is 3.13. The summed E-state index contributed by atoms with van der Waals surface area (Å²) in [5.74, 6) is -1.01. The second kappa shape index (κ2) is 8.29. The highest BCUT2D eigenvalue weighted by atomic mass is 16.6. The van der Waals surface area contributed by atoms with Gasteiger partial charge in [-0.05, 0) is 19.1 Å². The molecule has 1 aromatic carbocycles. The Morgan fingerprint density at radius 2 is 2.04 bits per heavy atom. The van der Waals surface area contributed by atoms with Gasteiger partial charge in [0, 0.05) is 23.9 Å². The van der Waals surface area contributed by atoms with Gasteiger partial charge < -0.3 is 5.32 Å². The first kappa shape index (κ1) is 17.7. The number of nitrogens with one attached hydrogen (secondary N) is 2. The second-order valence-electron chi connectivity index (χ2n) is 4.94. The molecule has 9 nitrogen and oxygen atoms in total. The van der Waals surface area contributed by atoms with Gasteiger partial charge in [0.1, 0.15) is 5.69 Å². The molecule has 0 fully saturated rings. The van der Waals surface area contributed by atoms with Crippen molar-refractivity contribution in [3.63, 3.8) is 0 Å². The molecule has 0 saturated carbocycles. The fourth-order valence-corrected chi connectivity index (χ4v) is 1.84. The van der Waals surface area contributed by atoms with Crippen molar-refractivity contribution in [2.45, 2.75) is 6.92 Å². The summed E-state index contributed by atoms with van der Waals surface area (Å²) in [6.45, 7) is 1.33. The van der Waals surface area contributed by atoms with Crippen molar-refractivity contribution in [3.05, 3.63) is 70.0 Å². The van der Waals surface area contributed by atoms with Crippen molar-refractivity contribution in [2.75, 3.05) is 6.54 Å². The molecule has 2 aromatic rings. The molecule has 1 heterocycles. The van der Waals surface area contributed by atoms with Crippen LogP contribution in [0.4, 0.5) is 5.69 Å². The molecular formula is C16H15N5O4. The van der Waals surface area contributed by atoms with Crippen LogP contribution in [-0.4, -0.2) is 34.0 Å². The molecular weight excluding hydrogens is 326 g/mol. The van der Waals surface area contributed by atoms with Crippen LogP contribution in [0.2, 0.25) is 0 Å². The number of amides is 2. The zero-order valence-corrected chi connectivity index (χ0v) is 13.3.